The van der Waals surface area contributed by atoms with E-state index >= 15 is 0 Å². The predicted molar refractivity (Wildman–Crippen MR) is 90.0 cm³/mol. The molecule has 0 aliphatic rings. The first-order valence-corrected chi connectivity index (χ1v) is 7.36. The van der Waals surface area contributed by atoms with Gasteiger partial charge in [-0.25, -0.2) is 0 Å². The number of hydrogen-bond donors (Lipinski definition) is 1. The Kier molecular flexibility index (Phi) is 4.79. The van der Waals surface area contributed by atoms with Crippen molar-refractivity contribution < 1.29 is 9.72 Å². The molecule has 0 spiro atoms. The number of para-hydroxylation sites is 1. The van der Waals surface area contributed by atoms with Gasteiger partial charge in [0.1, 0.15) is 10.6 Å². The van der Waals surface area contributed by atoms with Gasteiger partial charge in [0, 0.05) is 9.26 Å². The number of rotatable bonds is 3. The van der Waals surface area contributed by atoms with Crippen LogP contribution in [0, 0.1) is 20.6 Å². The van der Waals surface area contributed by atoms with Gasteiger partial charge in [-0.3, -0.25) is 14.9 Å². The maximum Gasteiger partial charge on any atom is 0.300 e. The molecule has 1 N–H and O–H groups in total. The second-order valence-corrected chi connectivity index (χ2v) is 5.96. The quantitative estimate of drug-likeness (QED) is 0.457. The molecule has 0 bridgehead atoms. The van der Waals surface area contributed by atoms with Crippen LogP contribution < -0.4 is 5.32 Å². The van der Waals surface area contributed by atoms with Gasteiger partial charge in [0.15, 0.2) is 0 Å². The van der Waals surface area contributed by atoms with Gasteiger partial charge in [-0.2, -0.15) is 0 Å². The molecule has 0 aliphatic heterocycles. The van der Waals surface area contributed by atoms with E-state index in [-0.39, 0.29) is 16.3 Å². The molecule has 7 heteroatoms. The summed E-state index contributed by atoms with van der Waals surface area (Å²) in [5.74, 6) is -0.562. The molecule has 0 unspecified atom stereocenters. The molecule has 0 atom stereocenters. The van der Waals surface area contributed by atoms with Crippen LogP contribution in [0.3, 0.4) is 0 Å². The molecule has 108 valence electrons. The van der Waals surface area contributed by atoms with E-state index in [4.69, 9.17) is 11.6 Å². The van der Waals surface area contributed by atoms with Gasteiger partial charge in [0.2, 0.25) is 0 Å². The molecule has 0 heterocycles. The van der Waals surface area contributed by atoms with Crippen LogP contribution in [0.4, 0.5) is 11.4 Å². The molecule has 2 aromatic carbocycles. The number of carbonyl (C=O) groups excluding carboxylic acids is 1. The van der Waals surface area contributed by atoms with E-state index in [1.165, 1.54) is 18.2 Å². The van der Waals surface area contributed by atoms with Gasteiger partial charge in [0.05, 0.1) is 4.92 Å². The number of nitrogens with zero attached hydrogens (tertiary/aromatic N) is 1. The van der Waals surface area contributed by atoms with E-state index in [2.05, 4.69) is 27.9 Å². The highest BCUT2D eigenvalue weighted by atomic mass is 127. The summed E-state index contributed by atoms with van der Waals surface area (Å²) >= 11 is 7.97. The first-order valence-electron chi connectivity index (χ1n) is 5.90. The molecule has 2 rings (SSSR count). The fourth-order valence-corrected chi connectivity index (χ4v) is 2.73. The Morgan fingerprint density at radius 1 is 1.33 bits per heavy atom. The minimum atomic E-state index is -0.655. The fourth-order valence-electron chi connectivity index (χ4n) is 1.84. The van der Waals surface area contributed by atoms with Crippen molar-refractivity contribution in [1.82, 2.24) is 0 Å². The number of nitro groups is 1. The summed E-state index contributed by atoms with van der Waals surface area (Å²) in [5.41, 5.74) is 1.03. The number of amides is 1. The lowest BCUT2D eigenvalue weighted by molar-refractivity contribution is -0.385. The Morgan fingerprint density at radius 2 is 2.05 bits per heavy atom. The van der Waals surface area contributed by atoms with Crippen molar-refractivity contribution in [1.29, 1.82) is 0 Å². The number of anilines is 1. The average Bonchev–Trinajstić information content (AvgIpc) is 2.41. The van der Waals surface area contributed by atoms with E-state index in [0.29, 0.717) is 5.69 Å². The van der Waals surface area contributed by atoms with Crippen molar-refractivity contribution in [3.05, 3.63) is 66.2 Å². The number of aryl methyl sites for hydroxylation is 1. The smallest absolute Gasteiger partial charge is 0.300 e. The zero-order chi connectivity index (χ0) is 15.6. The molecule has 0 aromatic heterocycles. The highest BCUT2D eigenvalue weighted by Crippen LogP contribution is 2.29. The Hall–Kier alpha value is -1.67. The lowest BCUT2D eigenvalue weighted by atomic mass is 10.1. The molecule has 1 amide bonds. The third-order valence-electron chi connectivity index (χ3n) is 2.85. The van der Waals surface area contributed by atoms with Gasteiger partial charge in [0.25, 0.3) is 5.91 Å². The molecule has 0 aliphatic carbocycles. The minimum Gasteiger partial charge on any atom is -0.322 e. The van der Waals surface area contributed by atoms with Crippen LogP contribution in [0.5, 0.6) is 0 Å². The Balaban J connectivity index is 2.37. The normalized spacial score (nSPS) is 10.2. The molecule has 0 radical (unpaired) electrons. The number of benzene rings is 2. The first kappa shape index (κ1) is 15.7. The lowest BCUT2D eigenvalue weighted by Crippen LogP contribution is -2.15. The number of nitrogens with one attached hydrogen (secondary N) is 1. The largest absolute Gasteiger partial charge is 0.322 e. The Bertz CT molecular complexity index is 734. The van der Waals surface area contributed by atoms with Crippen LogP contribution in [0.15, 0.2) is 36.4 Å². The summed E-state index contributed by atoms with van der Waals surface area (Å²) < 4.78 is 1.04. The van der Waals surface area contributed by atoms with E-state index in [1.807, 2.05) is 19.1 Å². The maximum absolute atomic E-state index is 12.3. The summed E-state index contributed by atoms with van der Waals surface area (Å²) in [6.07, 6.45) is 0. The minimum absolute atomic E-state index is 0.0630. The second-order valence-electron chi connectivity index (χ2n) is 4.31. The molecule has 21 heavy (non-hydrogen) atoms. The molecule has 2 aromatic rings. The molecular formula is C14H10ClIN2O3. The van der Waals surface area contributed by atoms with E-state index in [0.717, 1.165) is 9.13 Å². The van der Waals surface area contributed by atoms with E-state index < -0.39 is 10.8 Å². The number of hydrogen-bond acceptors (Lipinski definition) is 3. The topological polar surface area (TPSA) is 72.2 Å². The fraction of sp³-hybridized carbons (Fsp3) is 0.0714. The molecule has 5 nitrogen and oxygen atoms in total. The molecular weight excluding hydrogens is 407 g/mol. The van der Waals surface area contributed by atoms with Crippen LogP contribution in [-0.2, 0) is 0 Å². The van der Waals surface area contributed by atoms with Crippen molar-refractivity contribution in [2.45, 2.75) is 6.92 Å². The van der Waals surface area contributed by atoms with Crippen LogP contribution in [0.25, 0.3) is 0 Å². The highest BCUT2D eigenvalue weighted by molar-refractivity contribution is 14.1. The van der Waals surface area contributed by atoms with Crippen LogP contribution in [0.1, 0.15) is 15.9 Å². The van der Waals surface area contributed by atoms with Crippen molar-refractivity contribution in [3.63, 3.8) is 0 Å². The first-order chi connectivity index (χ1) is 9.90. The average molecular weight is 417 g/mol. The number of halogens is 2. The molecule has 0 fully saturated rings. The van der Waals surface area contributed by atoms with Crippen LogP contribution in [-0.4, -0.2) is 10.8 Å². The third kappa shape index (κ3) is 3.51. The standard InChI is InChI=1S/C14H10ClIN2O3/c1-8-7-9(16)5-6-12(8)17-14(19)10-3-2-4-11(15)13(10)18(20)21/h2-7H,1H3,(H,17,19). The van der Waals surface area contributed by atoms with Gasteiger partial charge in [-0.15, -0.1) is 0 Å². The van der Waals surface area contributed by atoms with Gasteiger partial charge in [-0.05, 0) is 65.4 Å². The van der Waals surface area contributed by atoms with Crippen molar-refractivity contribution >= 4 is 51.5 Å². The third-order valence-corrected chi connectivity index (χ3v) is 3.83. The highest BCUT2D eigenvalue weighted by Gasteiger charge is 2.23. The maximum atomic E-state index is 12.3. The number of carbonyl (C=O) groups is 1. The summed E-state index contributed by atoms with van der Waals surface area (Å²) in [4.78, 5) is 22.6. The zero-order valence-electron chi connectivity index (χ0n) is 10.9. The summed E-state index contributed by atoms with van der Waals surface area (Å²) in [5, 5.41) is 13.7. The van der Waals surface area contributed by atoms with Gasteiger partial charge < -0.3 is 5.32 Å². The predicted octanol–water partition coefficient (Wildman–Crippen LogP) is 4.41. The Labute approximate surface area is 139 Å². The second kappa shape index (κ2) is 6.40. The van der Waals surface area contributed by atoms with Gasteiger partial charge in [-0.1, -0.05) is 17.7 Å². The molecule has 0 saturated heterocycles. The van der Waals surface area contributed by atoms with Crippen molar-refractivity contribution in [2.75, 3.05) is 5.32 Å². The lowest BCUT2D eigenvalue weighted by Gasteiger charge is -2.09. The van der Waals surface area contributed by atoms with E-state index in [9.17, 15) is 14.9 Å². The monoisotopic (exact) mass is 416 g/mol. The van der Waals surface area contributed by atoms with E-state index in [1.54, 1.807) is 6.07 Å². The van der Waals surface area contributed by atoms with Gasteiger partial charge >= 0.3 is 5.69 Å². The van der Waals surface area contributed by atoms with Crippen LogP contribution in [0.2, 0.25) is 5.02 Å². The van der Waals surface area contributed by atoms with Crippen molar-refractivity contribution in [2.24, 2.45) is 0 Å². The van der Waals surface area contributed by atoms with Crippen LogP contribution >= 0.6 is 34.2 Å². The zero-order valence-corrected chi connectivity index (χ0v) is 13.8. The van der Waals surface area contributed by atoms with Crippen molar-refractivity contribution in [3.8, 4) is 0 Å². The summed E-state index contributed by atoms with van der Waals surface area (Å²) in [7, 11) is 0. The summed E-state index contributed by atoms with van der Waals surface area (Å²) in [6, 6.07) is 9.77. The summed E-state index contributed by atoms with van der Waals surface area (Å²) in [6.45, 7) is 1.85. The SMILES string of the molecule is Cc1cc(I)ccc1NC(=O)c1cccc(Cl)c1[N+](=O)[O-]. The molecule has 0 saturated carbocycles. The number of nitro benzene ring substituents is 1. The Morgan fingerprint density at radius 3 is 2.67 bits per heavy atom.